The van der Waals surface area contributed by atoms with E-state index in [9.17, 15) is 9.59 Å². The van der Waals surface area contributed by atoms with Crippen molar-refractivity contribution in [1.29, 1.82) is 0 Å². The number of carboxylic acid groups (broad SMARTS) is 1. The highest BCUT2D eigenvalue weighted by molar-refractivity contribution is 5.99. The quantitative estimate of drug-likeness (QED) is 0.655. The van der Waals surface area contributed by atoms with E-state index in [0.717, 1.165) is 0 Å². The Morgan fingerprint density at radius 3 is 2.82 bits per heavy atom. The summed E-state index contributed by atoms with van der Waals surface area (Å²) in [5.41, 5.74) is 0.995. The van der Waals surface area contributed by atoms with Gasteiger partial charge in [0.1, 0.15) is 5.69 Å². The smallest absolute Gasteiger partial charge is 0.354 e. The average Bonchev–Trinajstić information content (AvgIpc) is 2.60. The minimum Gasteiger partial charge on any atom is -0.477 e. The molecule has 0 atom stereocenters. The van der Waals surface area contributed by atoms with Crippen LogP contribution in [0.5, 0.6) is 0 Å². The second kappa shape index (κ2) is 6.05. The minimum absolute atomic E-state index is 0.00240. The Kier molecular flexibility index (Phi) is 4.71. The number of carbonyl (C=O) groups is 2. The molecule has 0 spiro atoms. The number of nitrogens with one attached hydrogen (secondary N) is 2. The molecular weight excluding hydrogens is 224 g/mol. The van der Waals surface area contributed by atoms with Gasteiger partial charge in [-0.2, -0.15) is 0 Å². The van der Waals surface area contributed by atoms with Crippen LogP contribution >= 0.6 is 0 Å². The molecule has 0 unspecified atom stereocenters. The van der Waals surface area contributed by atoms with E-state index in [1.807, 2.05) is 0 Å². The van der Waals surface area contributed by atoms with E-state index in [0.29, 0.717) is 30.8 Å². The first-order valence-electron chi connectivity index (χ1n) is 5.26. The van der Waals surface area contributed by atoms with Crippen molar-refractivity contribution in [3.8, 4) is 0 Å². The fourth-order valence-corrected chi connectivity index (χ4v) is 1.45. The molecule has 0 aliphatic heterocycles. The maximum Gasteiger partial charge on any atom is 0.354 e. The molecule has 1 rings (SSSR count). The van der Waals surface area contributed by atoms with Crippen molar-refractivity contribution in [3.63, 3.8) is 0 Å². The van der Waals surface area contributed by atoms with Crippen molar-refractivity contribution in [1.82, 2.24) is 4.98 Å². The van der Waals surface area contributed by atoms with Crippen LogP contribution in [-0.2, 0) is 9.53 Å². The lowest BCUT2D eigenvalue weighted by molar-refractivity contribution is -0.116. The highest BCUT2D eigenvalue weighted by Crippen LogP contribution is 2.17. The number of amides is 1. The van der Waals surface area contributed by atoms with Crippen LogP contribution in [0.2, 0.25) is 0 Å². The number of carboxylic acids is 1. The van der Waals surface area contributed by atoms with Crippen LogP contribution in [-0.4, -0.2) is 35.7 Å². The van der Waals surface area contributed by atoms with Gasteiger partial charge < -0.3 is 20.1 Å². The van der Waals surface area contributed by atoms with E-state index >= 15 is 0 Å². The fraction of sp³-hybridized carbons (Fsp3) is 0.455. The van der Waals surface area contributed by atoms with Crippen molar-refractivity contribution in [3.05, 3.63) is 17.5 Å². The lowest BCUT2D eigenvalue weighted by Crippen LogP contribution is -2.14. The number of anilines is 1. The number of rotatable bonds is 6. The summed E-state index contributed by atoms with van der Waals surface area (Å²) in [7, 11) is 1.57. The normalized spacial score (nSPS) is 10.2. The highest BCUT2D eigenvalue weighted by Gasteiger charge is 2.14. The SMILES string of the molecule is COCCCC(=O)Nc1cc(C)[nH]c1C(=O)O. The Bertz CT molecular complexity index is 412. The van der Waals surface area contributed by atoms with Gasteiger partial charge in [0.05, 0.1) is 5.69 Å². The average molecular weight is 240 g/mol. The molecule has 94 valence electrons. The summed E-state index contributed by atoms with van der Waals surface area (Å²) in [5.74, 6) is -1.31. The van der Waals surface area contributed by atoms with Crippen molar-refractivity contribution < 1.29 is 19.4 Å². The molecule has 0 saturated heterocycles. The van der Waals surface area contributed by atoms with E-state index in [1.165, 1.54) is 0 Å². The topological polar surface area (TPSA) is 91.4 Å². The number of aromatic carboxylic acids is 1. The molecule has 0 aliphatic carbocycles. The number of aromatic nitrogens is 1. The van der Waals surface area contributed by atoms with Crippen molar-refractivity contribution in [2.45, 2.75) is 19.8 Å². The lowest BCUT2D eigenvalue weighted by Gasteiger charge is -2.03. The molecule has 17 heavy (non-hydrogen) atoms. The lowest BCUT2D eigenvalue weighted by atomic mass is 10.3. The van der Waals surface area contributed by atoms with E-state index in [-0.39, 0.29) is 11.6 Å². The van der Waals surface area contributed by atoms with Gasteiger partial charge in [0, 0.05) is 25.8 Å². The molecule has 3 N–H and O–H groups in total. The molecule has 0 aliphatic rings. The first-order valence-corrected chi connectivity index (χ1v) is 5.26. The van der Waals surface area contributed by atoms with Crippen LogP contribution in [0.25, 0.3) is 0 Å². The van der Waals surface area contributed by atoms with Gasteiger partial charge >= 0.3 is 5.97 Å². The van der Waals surface area contributed by atoms with Gasteiger partial charge in [0.15, 0.2) is 0 Å². The summed E-state index contributed by atoms with van der Waals surface area (Å²) in [6.45, 7) is 2.23. The molecule has 6 heteroatoms. The van der Waals surface area contributed by atoms with Gasteiger partial charge in [-0.05, 0) is 19.4 Å². The summed E-state index contributed by atoms with van der Waals surface area (Å²) in [5, 5.41) is 11.5. The zero-order chi connectivity index (χ0) is 12.8. The first kappa shape index (κ1) is 13.2. The Hall–Kier alpha value is -1.82. The predicted molar refractivity (Wildman–Crippen MR) is 62.2 cm³/mol. The molecule has 0 radical (unpaired) electrons. The molecule has 1 aromatic rings. The summed E-state index contributed by atoms with van der Waals surface area (Å²) < 4.78 is 4.83. The molecule has 0 saturated carbocycles. The number of methoxy groups -OCH3 is 1. The third-order valence-corrected chi connectivity index (χ3v) is 2.19. The van der Waals surface area contributed by atoms with Gasteiger partial charge in [-0.3, -0.25) is 4.79 Å². The Labute approximate surface area is 99.0 Å². The summed E-state index contributed by atoms with van der Waals surface area (Å²) >= 11 is 0. The molecule has 1 aromatic heterocycles. The molecule has 1 amide bonds. The standard InChI is InChI=1S/C11H16N2O4/c1-7-6-8(10(12-7)11(15)16)13-9(14)4-3-5-17-2/h6,12H,3-5H2,1-2H3,(H,13,14)(H,15,16). The van der Waals surface area contributed by atoms with Gasteiger partial charge in [-0.1, -0.05) is 0 Å². The molecule has 6 nitrogen and oxygen atoms in total. The molecular formula is C11H16N2O4. The summed E-state index contributed by atoms with van der Waals surface area (Å²) in [6.07, 6.45) is 0.908. The van der Waals surface area contributed by atoms with E-state index < -0.39 is 5.97 Å². The first-order chi connectivity index (χ1) is 8.04. The van der Waals surface area contributed by atoms with Gasteiger partial charge in [0.25, 0.3) is 0 Å². The largest absolute Gasteiger partial charge is 0.477 e. The summed E-state index contributed by atoms with van der Waals surface area (Å²) in [4.78, 5) is 25.1. The number of aromatic amines is 1. The molecule has 0 fully saturated rings. The van der Waals surface area contributed by atoms with Crippen LogP contribution in [0.4, 0.5) is 5.69 Å². The maximum absolute atomic E-state index is 11.5. The monoisotopic (exact) mass is 240 g/mol. The van der Waals surface area contributed by atoms with Crippen LogP contribution < -0.4 is 5.32 Å². The number of aryl methyl sites for hydroxylation is 1. The second-order valence-corrected chi connectivity index (χ2v) is 3.69. The van der Waals surface area contributed by atoms with Crippen molar-refractivity contribution >= 4 is 17.6 Å². The van der Waals surface area contributed by atoms with Gasteiger partial charge in [-0.25, -0.2) is 4.79 Å². The molecule has 0 bridgehead atoms. The number of ether oxygens (including phenoxy) is 1. The van der Waals surface area contributed by atoms with Crippen LogP contribution in [0.1, 0.15) is 29.0 Å². The van der Waals surface area contributed by atoms with Gasteiger partial charge in [0.2, 0.25) is 5.91 Å². The Morgan fingerprint density at radius 1 is 1.53 bits per heavy atom. The Morgan fingerprint density at radius 2 is 2.24 bits per heavy atom. The predicted octanol–water partition coefficient (Wildman–Crippen LogP) is 1.39. The van der Waals surface area contributed by atoms with Crippen LogP contribution in [0.15, 0.2) is 6.07 Å². The van der Waals surface area contributed by atoms with Gasteiger partial charge in [-0.15, -0.1) is 0 Å². The number of carbonyl (C=O) groups excluding carboxylic acids is 1. The number of hydrogen-bond donors (Lipinski definition) is 3. The molecule has 1 heterocycles. The minimum atomic E-state index is -1.09. The third kappa shape index (κ3) is 3.92. The maximum atomic E-state index is 11.5. The Balaban J connectivity index is 2.61. The zero-order valence-corrected chi connectivity index (χ0v) is 9.87. The summed E-state index contributed by atoms with van der Waals surface area (Å²) in [6, 6.07) is 1.59. The zero-order valence-electron chi connectivity index (χ0n) is 9.87. The van der Waals surface area contributed by atoms with Crippen LogP contribution in [0.3, 0.4) is 0 Å². The number of hydrogen-bond acceptors (Lipinski definition) is 3. The second-order valence-electron chi connectivity index (χ2n) is 3.69. The van der Waals surface area contributed by atoms with E-state index in [4.69, 9.17) is 9.84 Å². The van der Waals surface area contributed by atoms with E-state index in [1.54, 1.807) is 20.1 Å². The van der Waals surface area contributed by atoms with Crippen molar-refractivity contribution in [2.75, 3.05) is 19.0 Å². The number of H-pyrrole nitrogens is 1. The highest BCUT2D eigenvalue weighted by atomic mass is 16.5. The van der Waals surface area contributed by atoms with Crippen molar-refractivity contribution in [2.24, 2.45) is 0 Å². The fourth-order valence-electron chi connectivity index (χ4n) is 1.45. The molecule has 0 aromatic carbocycles. The van der Waals surface area contributed by atoms with Crippen LogP contribution in [0, 0.1) is 6.92 Å². The van der Waals surface area contributed by atoms with E-state index in [2.05, 4.69) is 10.3 Å². The third-order valence-electron chi connectivity index (χ3n) is 2.19.